The van der Waals surface area contributed by atoms with Crippen LogP contribution in [0.15, 0.2) is 0 Å². The Bertz CT molecular complexity index is 445. The van der Waals surface area contributed by atoms with Crippen LogP contribution in [0.3, 0.4) is 0 Å². The average Bonchev–Trinajstić information content (AvgIpc) is 2.53. The molecule has 192 valence electrons. The first-order chi connectivity index (χ1) is 14.2. The molecule has 1 aliphatic heterocycles. The molecule has 1 heterocycles. The van der Waals surface area contributed by atoms with Gasteiger partial charge in [0.15, 0.2) is 6.29 Å². The van der Waals surface area contributed by atoms with Gasteiger partial charge in [0, 0.05) is 34.6 Å². The molecular weight excluding hydrogens is 446 g/mol. The van der Waals surface area contributed by atoms with E-state index in [1.165, 1.54) is 0 Å². The van der Waals surface area contributed by atoms with Gasteiger partial charge in [0.1, 0.15) is 18.3 Å². The van der Waals surface area contributed by atoms with E-state index in [0.717, 1.165) is 34.6 Å². The number of rotatable bonds is 1. The van der Waals surface area contributed by atoms with Gasteiger partial charge >= 0.3 is 0 Å². The minimum absolute atomic E-state index is 0.470. The van der Waals surface area contributed by atoms with Crippen LogP contribution in [0.5, 0.6) is 0 Å². The predicted molar refractivity (Wildman–Crippen MR) is 105 cm³/mol. The summed E-state index contributed by atoms with van der Waals surface area (Å²) < 4.78 is 4.70. The van der Waals surface area contributed by atoms with Gasteiger partial charge in [-0.25, -0.2) is 0 Å². The Hall–Kier alpha value is -2.89. The van der Waals surface area contributed by atoms with Crippen molar-refractivity contribution in [2.45, 2.75) is 65.3 Å². The van der Waals surface area contributed by atoms with Crippen LogP contribution in [0.4, 0.5) is 0 Å². The number of aliphatic carboxylic acids is 5. The Balaban J connectivity index is -0.000000102. The minimum Gasteiger partial charge on any atom is -0.481 e. The number of carboxylic acids is 5. The molecule has 0 radical (unpaired) electrons. The molecule has 0 aliphatic carbocycles. The molecule has 32 heavy (non-hydrogen) atoms. The topological polar surface area (TPSA) is 303 Å². The molecule has 0 saturated carbocycles. The summed E-state index contributed by atoms with van der Waals surface area (Å²) in [6.07, 6.45) is -4.85. The van der Waals surface area contributed by atoms with Crippen molar-refractivity contribution < 1.29 is 74.7 Å². The zero-order valence-electron chi connectivity index (χ0n) is 18.1. The molecular formula is C16H33NO15. The smallest absolute Gasteiger partial charge is 0.300 e. The largest absolute Gasteiger partial charge is 0.481 e. The van der Waals surface area contributed by atoms with E-state index in [4.69, 9.17) is 70.2 Å². The third-order valence-corrected chi connectivity index (χ3v) is 1.95. The van der Waals surface area contributed by atoms with E-state index in [1.54, 1.807) is 0 Å². The summed E-state index contributed by atoms with van der Waals surface area (Å²) in [4.78, 5) is 45.0. The Morgan fingerprint density at radius 1 is 0.656 bits per heavy atom. The van der Waals surface area contributed by atoms with E-state index in [2.05, 4.69) is 0 Å². The number of hydrogen-bond donors (Lipinski definition) is 10. The Morgan fingerprint density at radius 3 is 1.06 bits per heavy atom. The molecule has 5 unspecified atom stereocenters. The van der Waals surface area contributed by atoms with Crippen molar-refractivity contribution in [3.8, 4) is 0 Å². The number of carbonyl (C=O) groups is 5. The fraction of sp³-hybridized carbons (Fsp3) is 0.688. The summed E-state index contributed by atoms with van der Waals surface area (Å²) in [6, 6.07) is -1.04. The van der Waals surface area contributed by atoms with Gasteiger partial charge in [-0.2, -0.15) is 0 Å². The van der Waals surface area contributed by atoms with Gasteiger partial charge in [0.2, 0.25) is 0 Å². The summed E-state index contributed by atoms with van der Waals surface area (Å²) in [6.45, 7) is 4.95. The summed E-state index contributed by atoms with van der Waals surface area (Å²) in [5, 5.41) is 73.1. The second kappa shape index (κ2) is 24.4. The fourth-order valence-electron chi connectivity index (χ4n) is 1.12. The molecule has 1 rings (SSSR count). The maximum atomic E-state index is 9.20. The molecule has 1 saturated heterocycles. The molecule has 11 N–H and O–H groups in total. The summed E-state index contributed by atoms with van der Waals surface area (Å²) >= 11 is 0. The van der Waals surface area contributed by atoms with Gasteiger partial charge in [0.25, 0.3) is 29.8 Å². The second-order valence-corrected chi connectivity index (χ2v) is 5.40. The van der Waals surface area contributed by atoms with E-state index in [9.17, 15) is 10.2 Å². The van der Waals surface area contributed by atoms with Crippen LogP contribution in [-0.2, 0) is 28.7 Å². The van der Waals surface area contributed by atoms with Crippen molar-refractivity contribution in [1.82, 2.24) is 0 Å². The third-order valence-electron chi connectivity index (χ3n) is 1.95. The molecule has 0 aromatic rings. The molecule has 1 aliphatic rings. The third kappa shape index (κ3) is 50.6. The van der Waals surface area contributed by atoms with Crippen LogP contribution in [0, 0.1) is 0 Å². The van der Waals surface area contributed by atoms with Gasteiger partial charge in [-0.15, -0.1) is 0 Å². The van der Waals surface area contributed by atoms with Gasteiger partial charge in [0.05, 0.1) is 12.6 Å². The molecule has 5 atom stereocenters. The first-order valence-electron chi connectivity index (χ1n) is 8.28. The van der Waals surface area contributed by atoms with E-state index < -0.39 is 67.1 Å². The SMILES string of the molecule is CC(=O)O.CC(=O)O.CC(=O)O.CC(=O)O.CC(=O)O.NC1C(O)OC(CO)C(O)C1O. The molecule has 0 spiro atoms. The number of aliphatic hydroxyl groups excluding tert-OH is 4. The van der Waals surface area contributed by atoms with Crippen LogP contribution in [0.2, 0.25) is 0 Å². The monoisotopic (exact) mass is 479 g/mol. The molecule has 16 heteroatoms. The van der Waals surface area contributed by atoms with Gasteiger partial charge in [-0.05, 0) is 0 Å². The van der Waals surface area contributed by atoms with Crippen molar-refractivity contribution in [2.24, 2.45) is 5.73 Å². The number of ether oxygens (including phenoxy) is 1. The molecule has 0 aromatic carbocycles. The van der Waals surface area contributed by atoms with Crippen molar-refractivity contribution in [3.63, 3.8) is 0 Å². The Labute approximate surface area is 183 Å². The molecule has 0 bridgehead atoms. The zero-order chi connectivity index (χ0) is 27.2. The molecule has 1 fully saturated rings. The number of nitrogens with two attached hydrogens (primary N) is 1. The molecule has 0 aromatic heterocycles. The fourth-order valence-corrected chi connectivity index (χ4v) is 1.12. The maximum Gasteiger partial charge on any atom is 0.300 e. The van der Waals surface area contributed by atoms with Crippen molar-refractivity contribution >= 4 is 29.8 Å². The highest BCUT2D eigenvalue weighted by Gasteiger charge is 2.41. The highest BCUT2D eigenvalue weighted by atomic mass is 16.6. The lowest BCUT2D eigenvalue weighted by atomic mass is 9.98. The van der Waals surface area contributed by atoms with Crippen molar-refractivity contribution in [1.29, 1.82) is 0 Å². The summed E-state index contributed by atoms with van der Waals surface area (Å²) in [5.41, 5.74) is 5.26. The quantitative estimate of drug-likeness (QED) is 0.181. The summed E-state index contributed by atoms with van der Waals surface area (Å²) in [7, 11) is 0. The summed E-state index contributed by atoms with van der Waals surface area (Å²) in [5.74, 6) is -4.17. The number of hydrogen-bond acceptors (Lipinski definition) is 11. The van der Waals surface area contributed by atoms with Gasteiger partial charge < -0.3 is 56.4 Å². The van der Waals surface area contributed by atoms with Crippen molar-refractivity contribution in [2.75, 3.05) is 6.61 Å². The second-order valence-electron chi connectivity index (χ2n) is 5.40. The molecule has 16 nitrogen and oxygen atoms in total. The van der Waals surface area contributed by atoms with E-state index >= 15 is 0 Å². The van der Waals surface area contributed by atoms with E-state index in [1.807, 2.05) is 0 Å². The minimum atomic E-state index is -1.35. The van der Waals surface area contributed by atoms with E-state index in [0.29, 0.717) is 0 Å². The molecule has 0 amide bonds. The average molecular weight is 479 g/mol. The zero-order valence-corrected chi connectivity index (χ0v) is 18.1. The highest BCUT2D eigenvalue weighted by molar-refractivity contribution is 5.63. The van der Waals surface area contributed by atoms with Crippen molar-refractivity contribution in [3.05, 3.63) is 0 Å². The highest BCUT2D eigenvalue weighted by Crippen LogP contribution is 2.17. The van der Waals surface area contributed by atoms with Crippen LogP contribution in [0.25, 0.3) is 0 Å². The first kappa shape index (κ1) is 39.6. The van der Waals surface area contributed by atoms with Crippen LogP contribution < -0.4 is 5.73 Å². The standard InChI is InChI=1S/C6H13NO5.5C2H4O2/c7-3-5(10)4(9)2(1-8)12-6(3)11;5*1-2(3)4/h2-6,8-11H,1,7H2;5*1H3,(H,3,4). The lowest BCUT2D eigenvalue weighted by Crippen LogP contribution is -2.61. The van der Waals surface area contributed by atoms with Crippen LogP contribution in [0.1, 0.15) is 34.6 Å². The van der Waals surface area contributed by atoms with Gasteiger partial charge in [-0.1, -0.05) is 0 Å². The maximum absolute atomic E-state index is 9.20. The van der Waals surface area contributed by atoms with E-state index in [-0.39, 0.29) is 0 Å². The predicted octanol–water partition coefficient (Wildman–Crippen LogP) is -2.80. The normalized spacial score (nSPS) is 22.4. The Kier molecular flexibility index (Phi) is 30.1. The Morgan fingerprint density at radius 2 is 0.875 bits per heavy atom. The first-order valence-corrected chi connectivity index (χ1v) is 8.28. The lowest BCUT2D eigenvalue weighted by molar-refractivity contribution is -0.248. The van der Waals surface area contributed by atoms with Crippen LogP contribution in [-0.4, -0.2) is 113 Å². The van der Waals surface area contributed by atoms with Gasteiger partial charge in [-0.3, -0.25) is 24.0 Å². The van der Waals surface area contributed by atoms with Crippen LogP contribution >= 0.6 is 0 Å². The number of aliphatic hydroxyl groups is 4. The number of carboxylic acid groups (broad SMARTS) is 5. The lowest BCUT2D eigenvalue weighted by Gasteiger charge is -2.38.